The number of carboxylic acid groups (broad SMARTS) is 1. The second-order valence-corrected chi connectivity index (χ2v) is 12.0. The second-order valence-electron chi connectivity index (χ2n) is 12.0. The average Bonchev–Trinajstić information content (AvgIpc) is 3.26. The van der Waals surface area contributed by atoms with Crippen LogP contribution in [-0.4, -0.2) is 62.0 Å². The first-order valence-corrected chi connectivity index (χ1v) is 13.5. The quantitative estimate of drug-likeness (QED) is 0.581. The van der Waals surface area contributed by atoms with Crippen molar-refractivity contribution in [3.05, 3.63) is 46.2 Å². The Balaban J connectivity index is 1.59. The highest BCUT2D eigenvalue weighted by molar-refractivity contribution is 5.93. The van der Waals surface area contributed by atoms with Gasteiger partial charge in [0.2, 0.25) is 0 Å². The molecule has 0 atom stereocenters. The zero-order valence-electron chi connectivity index (χ0n) is 23.4. The fraction of sp³-hybridized carbons (Fsp3) is 0.621. The van der Waals surface area contributed by atoms with E-state index in [1.807, 2.05) is 17.9 Å². The monoisotopic (exact) mass is 507 g/mol. The standard InChI is InChI=1S/C29H41N5O3/c1-18(2)15-29(10-8-9-11-29)25-21(5)30-16-22(32-25)26(35)34-13-12-33(17-28(34,6)7)23-14-19(3)24(27(36)37)20(4)31-23/h14,16,18H,8-13,15,17H2,1-7H3,(H,36,37). The van der Waals surface area contributed by atoms with E-state index in [4.69, 9.17) is 4.98 Å². The molecule has 1 aliphatic heterocycles. The Kier molecular flexibility index (Phi) is 7.32. The minimum atomic E-state index is -0.962. The third kappa shape index (κ3) is 5.20. The van der Waals surface area contributed by atoms with Gasteiger partial charge in [-0.3, -0.25) is 9.78 Å². The number of pyridine rings is 1. The Morgan fingerprint density at radius 1 is 1.05 bits per heavy atom. The molecule has 0 unspecified atom stereocenters. The second kappa shape index (κ2) is 10.0. The fourth-order valence-electron chi connectivity index (χ4n) is 6.59. The first kappa shape index (κ1) is 27.0. The van der Waals surface area contributed by atoms with Gasteiger partial charge in [-0.05, 0) is 71.4 Å². The summed E-state index contributed by atoms with van der Waals surface area (Å²) in [6.45, 7) is 15.9. The summed E-state index contributed by atoms with van der Waals surface area (Å²) in [7, 11) is 0. The molecule has 1 saturated heterocycles. The van der Waals surface area contributed by atoms with Gasteiger partial charge in [-0.1, -0.05) is 26.7 Å². The summed E-state index contributed by atoms with van der Waals surface area (Å²) in [5.74, 6) is 0.249. The van der Waals surface area contributed by atoms with Crippen LogP contribution in [0.5, 0.6) is 0 Å². The van der Waals surface area contributed by atoms with Crippen molar-refractivity contribution in [1.82, 2.24) is 19.9 Å². The van der Waals surface area contributed by atoms with Gasteiger partial charge in [-0.25, -0.2) is 14.8 Å². The van der Waals surface area contributed by atoms with Crippen molar-refractivity contribution < 1.29 is 14.7 Å². The van der Waals surface area contributed by atoms with Crippen molar-refractivity contribution in [2.45, 2.75) is 91.5 Å². The van der Waals surface area contributed by atoms with E-state index in [1.54, 1.807) is 20.0 Å². The van der Waals surface area contributed by atoms with E-state index >= 15 is 0 Å². The van der Waals surface area contributed by atoms with E-state index in [2.05, 4.69) is 42.6 Å². The Morgan fingerprint density at radius 2 is 1.73 bits per heavy atom. The van der Waals surface area contributed by atoms with Crippen LogP contribution in [0.4, 0.5) is 5.82 Å². The van der Waals surface area contributed by atoms with Crippen molar-refractivity contribution in [1.29, 1.82) is 0 Å². The number of amides is 1. The highest BCUT2D eigenvalue weighted by Gasteiger charge is 2.41. The number of rotatable bonds is 6. The first-order valence-electron chi connectivity index (χ1n) is 13.5. The number of hydrogen-bond acceptors (Lipinski definition) is 6. The molecule has 2 aromatic heterocycles. The Labute approximate surface area is 220 Å². The molecule has 1 amide bonds. The van der Waals surface area contributed by atoms with E-state index in [0.717, 1.165) is 36.5 Å². The van der Waals surface area contributed by atoms with Gasteiger partial charge in [-0.2, -0.15) is 0 Å². The lowest BCUT2D eigenvalue weighted by Gasteiger charge is -2.47. The number of anilines is 1. The maximum absolute atomic E-state index is 13.8. The smallest absolute Gasteiger partial charge is 0.337 e. The predicted molar refractivity (Wildman–Crippen MR) is 144 cm³/mol. The zero-order chi connectivity index (χ0) is 27.1. The molecule has 37 heavy (non-hydrogen) atoms. The molecule has 2 fully saturated rings. The number of carbonyl (C=O) groups is 2. The molecular formula is C29H41N5O3. The molecule has 200 valence electrons. The molecule has 0 bridgehead atoms. The third-order valence-electron chi connectivity index (χ3n) is 8.11. The summed E-state index contributed by atoms with van der Waals surface area (Å²) >= 11 is 0. The third-order valence-corrected chi connectivity index (χ3v) is 8.11. The molecule has 2 aliphatic rings. The summed E-state index contributed by atoms with van der Waals surface area (Å²) in [4.78, 5) is 43.7. The van der Waals surface area contributed by atoms with Crippen LogP contribution in [0.2, 0.25) is 0 Å². The van der Waals surface area contributed by atoms with Crippen LogP contribution in [0, 0.1) is 26.7 Å². The molecule has 1 saturated carbocycles. The molecule has 4 rings (SSSR count). The van der Waals surface area contributed by atoms with Gasteiger partial charge in [0, 0.05) is 25.0 Å². The number of hydrogen-bond donors (Lipinski definition) is 1. The van der Waals surface area contributed by atoms with Crippen molar-refractivity contribution in [2.75, 3.05) is 24.5 Å². The van der Waals surface area contributed by atoms with E-state index < -0.39 is 11.5 Å². The molecule has 2 aromatic rings. The number of carboxylic acids is 1. The summed E-state index contributed by atoms with van der Waals surface area (Å²) in [6, 6.07) is 1.83. The highest BCUT2D eigenvalue weighted by Crippen LogP contribution is 2.45. The number of aromatic carboxylic acids is 1. The summed E-state index contributed by atoms with van der Waals surface area (Å²) in [5.41, 5.74) is 3.36. The summed E-state index contributed by atoms with van der Waals surface area (Å²) in [5, 5.41) is 9.49. The maximum Gasteiger partial charge on any atom is 0.337 e. The molecule has 0 aromatic carbocycles. The van der Waals surface area contributed by atoms with Gasteiger partial charge in [0.25, 0.3) is 5.91 Å². The van der Waals surface area contributed by atoms with Crippen LogP contribution in [0.25, 0.3) is 0 Å². The van der Waals surface area contributed by atoms with Crippen LogP contribution in [0.15, 0.2) is 12.3 Å². The normalized spacial score (nSPS) is 18.9. The van der Waals surface area contributed by atoms with Crippen molar-refractivity contribution in [3.8, 4) is 0 Å². The van der Waals surface area contributed by atoms with E-state index in [-0.39, 0.29) is 16.9 Å². The van der Waals surface area contributed by atoms with Crippen LogP contribution in [0.3, 0.4) is 0 Å². The van der Waals surface area contributed by atoms with E-state index in [0.29, 0.717) is 42.5 Å². The molecule has 1 N–H and O–H groups in total. The molecule has 3 heterocycles. The van der Waals surface area contributed by atoms with Gasteiger partial charge in [0.15, 0.2) is 0 Å². The highest BCUT2D eigenvalue weighted by atomic mass is 16.4. The molecule has 1 aliphatic carbocycles. The van der Waals surface area contributed by atoms with Gasteiger partial charge >= 0.3 is 5.97 Å². The number of carbonyl (C=O) groups excluding carboxylic acids is 1. The Bertz CT molecular complexity index is 1180. The van der Waals surface area contributed by atoms with Gasteiger partial charge in [0.05, 0.1) is 34.4 Å². The van der Waals surface area contributed by atoms with Crippen molar-refractivity contribution >= 4 is 17.7 Å². The molecule has 8 nitrogen and oxygen atoms in total. The molecule has 0 spiro atoms. The van der Waals surface area contributed by atoms with E-state index in [1.165, 1.54) is 12.8 Å². The zero-order valence-corrected chi connectivity index (χ0v) is 23.4. The lowest BCUT2D eigenvalue weighted by Crippen LogP contribution is -2.61. The van der Waals surface area contributed by atoms with E-state index in [9.17, 15) is 14.7 Å². The van der Waals surface area contributed by atoms with Crippen molar-refractivity contribution in [3.63, 3.8) is 0 Å². The Hall–Kier alpha value is -3.03. The number of aryl methyl sites for hydroxylation is 3. The number of piperazine rings is 1. The van der Waals surface area contributed by atoms with Gasteiger partial charge in [-0.15, -0.1) is 0 Å². The van der Waals surface area contributed by atoms with Crippen LogP contribution in [0.1, 0.15) is 103 Å². The maximum atomic E-state index is 13.8. The van der Waals surface area contributed by atoms with Crippen LogP contribution >= 0.6 is 0 Å². The molecule has 0 radical (unpaired) electrons. The topological polar surface area (TPSA) is 99.5 Å². The minimum absolute atomic E-state index is 0.0132. The first-order chi connectivity index (χ1) is 17.3. The van der Waals surface area contributed by atoms with Crippen molar-refractivity contribution in [2.24, 2.45) is 5.92 Å². The SMILES string of the molecule is Cc1cc(N2CCN(C(=O)c3cnc(C)c(C4(CC(C)C)CCCC4)n3)C(C)(C)C2)nc(C)c1C(=O)O. The average molecular weight is 508 g/mol. The molecule has 8 heteroatoms. The number of aromatic nitrogens is 3. The molecular weight excluding hydrogens is 466 g/mol. The predicted octanol–water partition coefficient (Wildman–Crippen LogP) is 5.09. The fourth-order valence-corrected chi connectivity index (χ4v) is 6.59. The minimum Gasteiger partial charge on any atom is -0.478 e. The summed E-state index contributed by atoms with van der Waals surface area (Å²) < 4.78 is 0. The van der Waals surface area contributed by atoms with Crippen LogP contribution < -0.4 is 4.90 Å². The van der Waals surface area contributed by atoms with Gasteiger partial charge in [0.1, 0.15) is 11.5 Å². The lowest BCUT2D eigenvalue weighted by molar-refractivity contribution is 0.0505. The van der Waals surface area contributed by atoms with Gasteiger partial charge < -0.3 is 14.9 Å². The van der Waals surface area contributed by atoms with Crippen LogP contribution in [-0.2, 0) is 5.41 Å². The largest absolute Gasteiger partial charge is 0.478 e. The number of nitrogens with zero attached hydrogens (tertiary/aromatic N) is 5. The summed E-state index contributed by atoms with van der Waals surface area (Å²) in [6.07, 6.45) is 7.31. The lowest BCUT2D eigenvalue weighted by atomic mass is 9.75. The Morgan fingerprint density at radius 3 is 2.30 bits per heavy atom.